The minimum Gasteiger partial charge on any atom is -0.381 e. The summed E-state index contributed by atoms with van der Waals surface area (Å²) in [5.74, 6) is 0.872. The third-order valence-electron chi connectivity index (χ3n) is 1.61. The van der Waals surface area contributed by atoms with Crippen LogP contribution in [-0.2, 0) is 11.2 Å². The first-order chi connectivity index (χ1) is 5.72. The topological polar surface area (TPSA) is 37.9 Å². The van der Waals surface area contributed by atoms with Crippen LogP contribution in [-0.4, -0.2) is 23.2 Å². The normalized spacial score (nSPS) is 12.8. The van der Waals surface area contributed by atoms with Gasteiger partial charge < -0.3 is 9.72 Å². The summed E-state index contributed by atoms with van der Waals surface area (Å²) >= 11 is 4.95. The van der Waals surface area contributed by atoms with E-state index in [9.17, 15) is 0 Å². The Bertz CT molecular complexity index is 297. The van der Waals surface area contributed by atoms with Crippen molar-refractivity contribution in [1.82, 2.24) is 9.97 Å². The maximum absolute atomic E-state index is 5.10. The summed E-state index contributed by atoms with van der Waals surface area (Å²) in [4.78, 5) is 7.12. The number of nitrogens with zero attached hydrogens (tertiary/aromatic N) is 1. The summed E-state index contributed by atoms with van der Waals surface area (Å²) in [6, 6.07) is 1.76. The molecule has 0 bridgehead atoms. The second kappa shape index (κ2) is 4.33. The van der Waals surface area contributed by atoms with E-state index in [1.807, 2.05) is 6.92 Å². The van der Waals surface area contributed by atoms with Gasteiger partial charge in [-0.15, -0.1) is 0 Å². The molecule has 4 heteroatoms. The van der Waals surface area contributed by atoms with Gasteiger partial charge in [0.1, 0.15) is 10.5 Å². The van der Waals surface area contributed by atoms with Crippen LogP contribution >= 0.6 is 12.2 Å². The minimum atomic E-state index is 0.172. The minimum absolute atomic E-state index is 0.172. The van der Waals surface area contributed by atoms with Gasteiger partial charge in [0.05, 0.1) is 6.10 Å². The number of methoxy groups -OCH3 is 1. The average Bonchev–Trinajstić information content (AvgIpc) is 2.04. The monoisotopic (exact) mass is 184 g/mol. The summed E-state index contributed by atoms with van der Waals surface area (Å²) in [6.07, 6.45) is 2.64. The highest BCUT2D eigenvalue weighted by Crippen LogP contribution is 1.98. The Labute approximate surface area is 76.8 Å². The molecule has 1 rings (SSSR count). The fraction of sp³-hybridized carbons (Fsp3) is 0.500. The van der Waals surface area contributed by atoms with Gasteiger partial charge in [-0.05, 0) is 13.0 Å². The molecule has 0 spiro atoms. The van der Waals surface area contributed by atoms with Crippen LogP contribution < -0.4 is 0 Å². The summed E-state index contributed by atoms with van der Waals surface area (Å²) < 4.78 is 5.81. The first-order valence-electron chi connectivity index (χ1n) is 3.79. The van der Waals surface area contributed by atoms with Crippen LogP contribution in [0.2, 0.25) is 0 Å². The Morgan fingerprint density at radius 1 is 1.75 bits per heavy atom. The van der Waals surface area contributed by atoms with Gasteiger partial charge in [-0.3, -0.25) is 0 Å². The number of rotatable bonds is 3. The molecule has 1 aromatic rings. The zero-order chi connectivity index (χ0) is 8.97. The van der Waals surface area contributed by atoms with Crippen molar-refractivity contribution in [2.45, 2.75) is 19.4 Å². The number of hydrogen-bond donors (Lipinski definition) is 1. The van der Waals surface area contributed by atoms with Crippen LogP contribution in [0.15, 0.2) is 12.3 Å². The van der Waals surface area contributed by atoms with E-state index in [1.54, 1.807) is 19.4 Å². The fourth-order valence-corrected chi connectivity index (χ4v) is 1.05. The number of hydrogen-bond acceptors (Lipinski definition) is 3. The molecule has 0 amide bonds. The molecule has 3 nitrogen and oxygen atoms in total. The number of ether oxygens (including phenoxy) is 1. The summed E-state index contributed by atoms with van der Waals surface area (Å²) in [7, 11) is 1.68. The van der Waals surface area contributed by atoms with Crippen LogP contribution in [0.25, 0.3) is 0 Å². The maximum atomic E-state index is 5.10. The van der Waals surface area contributed by atoms with E-state index >= 15 is 0 Å². The predicted octanol–water partition coefficient (Wildman–Crippen LogP) is 1.72. The lowest BCUT2D eigenvalue weighted by Gasteiger charge is -2.07. The second-order valence-electron chi connectivity index (χ2n) is 2.63. The molecule has 0 radical (unpaired) electrons. The number of nitrogens with one attached hydrogen (secondary N) is 1. The van der Waals surface area contributed by atoms with Gasteiger partial charge in [0.25, 0.3) is 0 Å². The average molecular weight is 184 g/mol. The molecular weight excluding hydrogens is 172 g/mol. The van der Waals surface area contributed by atoms with Gasteiger partial charge in [-0.1, -0.05) is 12.2 Å². The Kier molecular flexibility index (Phi) is 3.37. The maximum Gasteiger partial charge on any atom is 0.109 e. The molecule has 1 aromatic heterocycles. The van der Waals surface area contributed by atoms with Crippen molar-refractivity contribution in [3.63, 3.8) is 0 Å². The smallest absolute Gasteiger partial charge is 0.109 e. The first-order valence-corrected chi connectivity index (χ1v) is 4.20. The molecule has 0 aliphatic carbocycles. The van der Waals surface area contributed by atoms with E-state index in [0.717, 1.165) is 12.2 Å². The van der Waals surface area contributed by atoms with Gasteiger partial charge in [0, 0.05) is 19.7 Å². The Morgan fingerprint density at radius 2 is 2.50 bits per heavy atom. The molecule has 0 fully saturated rings. The number of aromatic nitrogens is 2. The zero-order valence-corrected chi connectivity index (χ0v) is 8.02. The lowest BCUT2D eigenvalue weighted by Crippen LogP contribution is -2.11. The standard InChI is InChI=1S/C8H12N2OS/c1-6(11-2)5-7-9-4-3-8(12)10-7/h3-4,6H,5H2,1-2H3,(H,9,10,12). The molecule has 0 aromatic carbocycles. The van der Waals surface area contributed by atoms with E-state index in [2.05, 4.69) is 9.97 Å². The van der Waals surface area contributed by atoms with Gasteiger partial charge >= 0.3 is 0 Å². The van der Waals surface area contributed by atoms with Crippen LogP contribution in [0.5, 0.6) is 0 Å². The third-order valence-corrected chi connectivity index (χ3v) is 1.85. The molecule has 1 heterocycles. The van der Waals surface area contributed by atoms with E-state index in [4.69, 9.17) is 17.0 Å². The predicted molar refractivity (Wildman–Crippen MR) is 49.6 cm³/mol. The first kappa shape index (κ1) is 9.35. The lowest BCUT2D eigenvalue weighted by molar-refractivity contribution is 0.117. The van der Waals surface area contributed by atoms with Gasteiger partial charge in [0.15, 0.2) is 0 Å². The fourth-order valence-electron chi connectivity index (χ4n) is 0.870. The van der Waals surface area contributed by atoms with E-state index < -0.39 is 0 Å². The summed E-state index contributed by atoms with van der Waals surface area (Å²) in [6.45, 7) is 1.99. The van der Waals surface area contributed by atoms with Crippen molar-refractivity contribution in [2.24, 2.45) is 0 Å². The highest BCUT2D eigenvalue weighted by atomic mass is 32.1. The van der Waals surface area contributed by atoms with Gasteiger partial charge in [0.2, 0.25) is 0 Å². The molecule has 1 unspecified atom stereocenters. The Balaban J connectivity index is 2.69. The molecule has 1 N–H and O–H groups in total. The largest absolute Gasteiger partial charge is 0.381 e. The van der Waals surface area contributed by atoms with E-state index in [1.165, 1.54) is 0 Å². The summed E-state index contributed by atoms with van der Waals surface area (Å²) in [5, 5.41) is 0. The van der Waals surface area contributed by atoms with Crippen molar-refractivity contribution >= 4 is 12.2 Å². The zero-order valence-electron chi connectivity index (χ0n) is 7.20. The van der Waals surface area contributed by atoms with Crippen molar-refractivity contribution in [2.75, 3.05) is 7.11 Å². The number of aromatic amines is 1. The molecule has 0 aliphatic rings. The second-order valence-corrected chi connectivity index (χ2v) is 3.07. The highest BCUT2D eigenvalue weighted by molar-refractivity contribution is 7.71. The van der Waals surface area contributed by atoms with Gasteiger partial charge in [-0.25, -0.2) is 4.98 Å². The third kappa shape index (κ3) is 2.71. The Morgan fingerprint density at radius 3 is 3.08 bits per heavy atom. The molecule has 0 saturated carbocycles. The van der Waals surface area contributed by atoms with Crippen molar-refractivity contribution in [3.05, 3.63) is 22.7 Å². The molecule has 0 aliphatic heterocycles. The van der Waals surface area contributed by atoms with Gasteiger partial charge in [-0.2, -0.15) is 0 Å². The SMILES string of the molecule is COC(C)Cc1nccc(=S)[nH]1. The van der Waals surface area contributed by atoms with Crippen LogP contribution in [0.3, 0.4) is 0 Å². The van der Waals surface area contributed by atoms with Crippen molar-refractivity contribution < 1.29 is 4.74 Å². The van der Waals surface area contributed by atoms with Crippen molar-refractivity contribution in [3.8, 4) is 0 Å². The molecule has 12 heavy (non-hydrogen) atoms. The molecule has 1 atom stereocenters. The number of H-pyrrole nitrogens is 1. The van der Waals surface area contributed by atoms with E-state index in [0.29, 0.717) is 4.64 Å². The Hall–Kier alpha value is -0.740. The molecule has 0 saturated heterocycles. The molecular formula is C8H12N2OS. The van der Waals surface area contributed by atoms with Crippen LogP contribution in [0.4, 0.5) is 0 Å². The lowest BCUT2D eigenvalue weighted by atomic mass is 10.3. The van der Waals surface area contributed by atoms with E-state index in [-0.39, 0.29) is 6.10 Å². The van der Waals surface area contributed by atoms with Crippen molar-refractivity contribution in [1.29, 1.82) is 0 Å². The van der Waals surface area contributed by atoms with Crippen LogP contribution in [0.1, 0.15) is 12.7 Å². The molecule has 66 valence electrons. The highest BCUT2D eigenvalue weighted by Gasteiger charge is 2.01. The van der Waals surface area contributed by atoms with Crippen LogP contribution in [0, 0.1) is 4.64 Å². The summed E-state index contributed by atoms with van der Waals surface area (Å²) in [5.41, 5.74) is 0. The quantitative estimate of drug-likeness (QED) is 0.727.